The number of pyridine rings is 1. The van der Waals surface area contributed by atoms with E-state index in [2.05, 4.69) is 4.98 Å². The summed E-state index contributed by atoms with van der Waals surface area (Å²) in [6.45, 7) is 7.02. The Morgan fingerprint density at radius 2 is 1.84 bits per heavy atom. The summed E-state index contributed by atoms with van der Waals surface area (Å²) in [6.07, 6.45) is 2.77. The fourth-order valence-electron chi connectivity index (χ4n) is 4.06. The number of carbonyl (C=O) groups is 3. The fraction of sp³-hybridized carbons (Fsp3) is 0.214. The molecule has 2 aromatic carbocycles. The topological polar surface area (TPSA) is 98.5 Å². The second-order valence-corrected chi connectivity index (χ2v) is 10.0. The van der Waals surface area contributed by atoms with Crippen molar-refractivity contribution in [1.29, 1.82) is 0 Å². The van der Waals surface area contributed by atoms with Crippen molar-refractivity contribution < 1.29 is 28.6 Å². The van der Waals surface area contributed by atoms with Crippen LogP contribution in [0.25, 0.3) is 22.0 Å². The van der Waals surface area contributed by atoms with Crippen LogP contribution in [0.4, 0.5) is 4.39 Å². The van der Waals surface area contributed by atoms with Gasteiger partial charge in [-0.2, -0.15) is 0 Å². The van der Waals surface area contributed by atoms with E-state index in [-0.39, 0.29) is 28.1 Å². The van der Waals surface area contributed by atoms with E-state index in [1.54, 1.807) is 52.0 Å². The molecule has 4 rings (SSSR count). The number of aromatic carboxylic acids is 1. The molecule has 37 heavy (non-hydrogen) atoms. The van der Waals surface area contributed by atoms with Crippen molar-refractivity contribution in [3.8, 4) is 11.1 Å². The Bertz CT molecular complexity index is 1550. The number of esters is 1. The average Bonchev–Trinajstić information content (AvgIpc) is 3.16. The first-order valence-corrected chi connectivity index (χ1v) is 11.8. The van der Waals surface area contributed by atoms with Crippen molar-refractivity contribution in [1.82, 2.24) is 9.55 Å². The Labute approximate surface area is 217 Å². The van der Waals surface area contributed by atoms with Gasteiger partial charge < -0.3 is 9.84 Å². The van der Waals surface area contributed by atoms with E-state index in [4.69, 9.17) is 16.3 Å². The Hall–Kier alpha value is -4.04. The van der Waals surface area contributed by atoms with Crippen LogP contribution >= 0.6 is 11.6 Å². The molecule has 0 atom stereocenters. The van der Waals surface area contributed by atoms with Gasteiger partial charge in [0.15, 0.2) is 0 Å². The number of carboxylic acids is 1. The molecule has 0 aliphatic heterocycles. The van der Waals surface area contributed by atoms with Crippen LogP contribution in [0.3, 0.4) is 0 Å². The highest BCUT2D eigenvalue weighted by molar-refractivity contribution is 6.34. The molecule has 7 nitrogen and oxygen atoms in total. The van der Waals surface area contributed by atoms with E-state index < -0.39 is 29.3 Å². The minimum absolute atomic E-state index is 0.0897. The minimum atomic E-state index is -1.26. The minimum Gasteiger partial charge on any atom is -0.478 e. The van der Waals surface area contributed by atoms with Crippen LogP contribution in [0.5, 0.6) is 0 Å². The van der Waals surface area contributed by atoms with Gasteiger partial charge >= 0.3 is 11.9 Å². The van der Waals surface area contributed by atoms with Crippen LogP contribution in [0, 0.1) is 12.7 Å². The first-order valence-electron chi connectivity index (χ1n) is 11.4. The van der Waals surface area contributed by atoms with Crippen LogP contribution in [-0.2, 0) is 16.0 Å². The van der Waals surface area contributed by atoms with E-state index in [1.165, 1.54) is 29.1 Å². The van der Waals surface area contributed by atoms with Gasteiger partial charge in [-0.15, -0.1) is 0 Å². The molecule has 0 aliphatic carbocycles. The summed E-state index contributed by atoms with van der Waals surface area (Å²) in [4.78, 5) is 41.6. The molecule has 2 aromatic heterocycles. The summed E-state index contributed by atoms with van der Waals surface area (Å²) >= 11 is 6.34. The molecule has 190 valence electrons. The molecule has 2 heterocycles. The second-order valence-electron chi connectivity index (χ2n) is 9.61. The molecule has 0 amide bonds. The first-order chi connectivity index (χ1) is 17.4. The molecule has 0 fully saturated rings. The largest absolute Gasteiger partial charge is 0.478 e. The second kappa shape index (κ2) is 9.78. The molecule has 1 N–H and O–H groups in total. The van der Waals surface area contributed by atoms with Crippen LogP contribution in [0.2, 0.25) is 5.02 Å². The number of hydrogen-bond acceptors (Lipinski definition) is 5. The lowest BCUT2D eigenvalue weighted by Crippen LogP contribution is -2.25. The molecule has 0 unspecified atom stereocenters. The maximum absolute atomic E-state index is 15.1. The summed E-state index contributed by atoms with van der Waals surface area (Å²) in [6, 6.07) is 10.2. The molecule has 0 spiro atoms. The number of fused-ring (bicyclic) bond motifs is 1. The van der Waals surface area contributed by atoms with Gasteiger partial charge in [0, 0.05) is 22.7 Å². The highest BCUT2D eigenvalue weighted by Crippen LogP contribution is 2.34. The van der Waals surface area contributed by atoms with Gasteiger partial charge in [0.1, 0.15) is 11.4 Å². The van der Waals surface area contributed by atoms with Crippen molar-refractivity contribution >= 4 is 40.3 Å². The number of carbonyl (C=O) groups excluding carboxylic acids is 2. The number of aromatic nitrogens is 2. The van der Waals surface area contributed by atoms with Crippen molar-refractivity contribution in [3.05, 3.63) is 88.1 Å². The fourth-order valence-corrected chi connectivity index (χ4v) is 4.36. The Balaban J connectivity index is 1.90. The third-order valence-electron chi connectivity index (χ3n) is 5.65. The van der Waals surface area contributed by atoms with Crippen LogP contribution in [0.1, 0.15) is 52.7 Å². The summed E-state index contributed by atoms with van der Waals surface area (Å²) < 4.78 is 21.8. The molecule has 0 aliphatic rings. The summed E-state index contributed by atoms with van der Waals surface area (Å²) in [5.41, 5.74) is 1.21. The number of carboxylic acid groups (broad SMARTS) is 1. The molecular formula is C28H24ClFN2O5. The highest BCUT2D eigenvalue weighted by atomic mass is 35.5. The van der Waals surface area contributed by atoms with Gasteiger partial charge in [0.2, 0.25) is 0 Å². The summed E-state index contributed by atoms with van der Waals surface area (Å²) in [5.74, 6) is -2.96. The molecule has 0 bridgehead atoms. The Morgan fingerprint density at radius 3 is 2.46 bits per heavy atom. The number of rotatable bonds is 5. The van der Waals surface area contributed by atoms with E-state index in [0.717, 1.165) is 6.07 Å². The Morgan fingerprint density at radius 1 is 1.11 bits per heavy atom. The number of ether oxygens (including phenoxy) is 1. The van der Waals surface area contributed by atoms with Crippen molar-refractivity contribution in [3.63, 3.8) is 0 Å². The maximum Gasteiger partial charge on any atom is 0.335 e. The quantitative estimate of drug-likeness (QED) is 0.319. The van der Waals surface area contributed by atoms with Gasteiger partial charge in [0.25, 0.3) is 5.91 Å². The smallest absolute Gasteiger partial charge is 0.335 e. The van der Waals surface area contributed by atoms with Gasteiger partial charge in [-0.05, 0) is 57.5 Å². The normalized spacial score (nSPS) is 11.5. The predicted molar refractivity (Wildman–Crippen MR) is 138 cm³/mol. The first kappa shape index (κ1) is 26.0. The van der Waals surface area contributed by atoms with Crippen LogP contribution in [0.15, 0.2) is 54.9 Å². The molecule has 0 radical (unpaired) electrons. The van der Waals surface area contributed by atoms with Crippen molar-refractivity contribution in [2.24, 2.45) is 0 Å². The number of aryl methyl sites for hydroxylation is 1. The molecule has 9 heteroatoms. The predicted octanol–water partition coefficient (Wildman–Crippen LogP) is 6.08. The SMILES string of the molecule is Cc1cccc(Cl)c1C(=O)n1cc(-c2ccc(C(=O)O)cc2F)c2cc(CC(=O)OC(C)(C)C)ncc21. The molecule has 0 saturated carbocycles. The standard InChI is InChI=1S/C28H24ClFN2O5/c1-15-6-5-7-21(29)25(15)26(34)32-14-20(18-9-8-16(27(35)36)10-22(18)30)19-11-17(31-13-23(19)32)12-24(33)37-28(2,3)4/h5-11,13-14H,12H2,1-4H3,(H,35,36). The molecule has 0 saturated heterocycles. The van der Waals surface area contributed by atoms with Crippen LogP contribution < -0.4 is 0 Å². The highest BCUT2D eigenvalue weighted by Gasteiger charge is 2.23. The van der Waals surface area contributed by atoms with Gasteiger partial charge in [-0.25, -0.2) is 9.18 Å². The van der Waals surface area contributed by atoms with E-state index >= 15 is 4.39 Å². The molecular weight excluding hydrogens is 499 g/mol. The Kier molecular flexibility index (Phi) is 6.88. The van der Waals surface area contributed by atoms with Gasteiger partial charge in [0.05, 0.1) is 40.0 Å². The van der Waals surface area contributed by atoms with Crippen LogP contribution in [-0.4, -0.2) is 38.1 Å². The molecule has 4 aromatic rings. The zero-order valence-corrected chi connectivity index (χ0v) is 21.4. The van der Waals surface area contributed by atoms with Gasteiger partial charge in [-0.3, -0.25) is 19.1 Å². The van der Waals surface area contributed by atoms with Crippen molar-refractivity contribution in [2.45, 2.75) is 39.7 Å². The van der Waals surface area contributed by atoms with E-state index in [1.807, 2.05) is 0 Å². The average molecular weight is 523 g/mol. The number of hydrogen-bond donors (Lipinski definition) is 1. The zero-order valence-electron chi connectivity index (χ0n) is 20.6. The maximum atomic E-state index is 15.1. The third kappa shape index (κ3) is 5.39. The number of nitrogens with zero attached hydrogens (tertiary/aromatic N) is 2. The van der Waals surface area contributed by atoms with Gasteiger partial charge in [-0.1, -0.05) is 29.8 Å². The monoisotopic (exact) mass is 522 g/mol. The lowest BCUT2D eigenvalue weighted by atomic mass is 10.0. The number of benzene rings is 2. The number of halogens is 2. The van der Waals surface area contributed by atoms with E-state index in [9.17, 15) is 19.5 Å². The van der Waals surface area contributed by atoms with Crippen molar-refractivity contribution in [2.75, 3.05) is 0 Å². The third-order valence-corrected chi connectivity index (χ3v) is 5.97. The lowest BCUT2D eigenvalue weighted by molar-refractivity contribution is -0.154. The summed E-state index contributed by atoms with van der Waals surface area (Å²) in [7, 11) is 0. The van der Waals surface area contributed by atoms with E-state index in [0.29, 0.717) is 27.7 Å². The summed E-state index contributed by atoms with van der Waals surface area (Å²) in [5, 5.41) is 9.93. The zero-order chi connectivity index (χ0) is 27.1. The lowest BCUT2D eigenvalue weighted by Gasteiger charge is -2.19.